The monoisotopic (exact) mass is 536 g/mol. The number of carbonyl (C=O) groups excluding carboxylic acids is 2. The molecule has 1 aromatic heterocycles. The number of rotatable bonds is 13. The molecule has 4 rings (SSSR count). The molecule has 14 nitrogen and oxygen atoms in total. The minimum atomic E-state index is -1.49. The molecule has 0 spiro atoms. The van der Waals surface area contributed by atoms with Crippen LogP contribution in [0.2, 0.25) is 0 Å². The molecular weight excluding hydrogens is 504 g/mol. The number of carbonyl (C=O) groups is 2. The van der Waals surface area contributed by atoms with Gasteiger partial charge in [0, 0.05) is 24.1 Å². The quantitative estimate of drug-likeness (QED) is 0.128. The van der Waals surface area contributed by atoms with E-state index in [9.17, 15) is 30.0 Å². The Morgan fingerprint density at radius 3 is 2.37 bits per heavy atom. The number of nitrogens with zero attached hydrogens (tertiary/aromatic N) is 4. The molecule has 3 heterocycles. The van der Waals surface area contributed by atoms with Crippen LogP contribution in [0, 0.1) is 0 Å². The van der Waals surface area contributed by atoms with Gasteiger partial charge in [-0.25, -0.2) is 4.68 Å². The SMILES string of the molecule is O=C1CCN1C(=O)c1ccc(-c2cn(CCOCCOCCOC3OC(CO)C(O)C(O)C3O)nn2)cc1. The van der Waals surface area contributed by atoms with E-state index >= 15 is 0 Å². The lowest BCUT2D eigenvalue weighted by Gasteiger charge is -2.39. The van der Waals surface area contributed by atoms with E-state index in [1.807, 2.05) is 0 Å². The first-order valence-corrected chi connectivity index (χ1v) is 12.3. The van der Waals surface area contributed by atoms with E-state index in [-0.39, 0.29) is 25.0 Å². The number of hydrogen-bond acceptors (Lipinski definition) is 12. The molecule has 5 atom stereocenters. The number of amides is 2. The molecule has 0 saturated carbocycles. The van der Waals surface area contributed by atoms with Crippen molar-refractivity contribution in [3.05, 3.63) is 36.0 Å². The van der Waals surface area contributed by atoms with Gasteiger partial charge in [-0.15, -0.1) is 5.10 Å². The van der Waals surface area contributed by atoms with Gasteiger partial charge < -0.3 is 39.4 Å². The molecule has 2 fully saturated rings. The Morgan fingerprint density at radius 1 is 1.00 bits per heavy atom. The number of aliphatic hydroxyl groups excluding tert-OH is 4. The maximum atomic E-state index is 12.3. The minimum Gasteiger partial charge on any atom is -0.394 e. The Bertz CT molecular complexity index is 1060. The molecule has 2 aromatic rings. The molecule has 0 radical (unpaired) electrons. The lowest BCUT2D eigenvalue weighted by atomic mass is 9.99. The number of aromatic nitrogens is 3. The maximum absolute atomic E-state index is 12.3. The van der Waals surface area contributed by atoms with Crippen molar-refractivity contribution < 1.29 is 49.0 Å². The van der Waals surface area contributed by atoms with Gasteiger partial charge in [0.05, 0.1) is 52.4 Å². The van der Waals surface area contributed by atoms with Crippen LogP contribution in [-0.4, -0.2) is 129 Å². The highest BCUT2D eigenvalue weighted by molar-refractivity contribution is 6.07. The molecule has 38 heavy (non-hydrogen) atoms. The first kappa shape index (κ1) is 28.2. The van der Waals surface area contributed by atoms with Gasteiger partial charge in [-0.05, 0) is 12.1 Å². The van der Waals surface area contributed by atoms with Crippen molar-refractivity contribution in [1.29, 1.82) is 0 Å². The van der Waals surface area contributed by atoms with Crippen LogP contribution in [0.25, 0.3) is 11.3 Å². The first-order valence-electron chi connectivity index (χ1n) is 12.3. The molecule has 4 N–H and O–H groups in total. The van der Waals surface area contributed by atoms with Gasteiger partial charge in [-0.1, -0.05) is 17.3 Å². The van der Waals surface area contributed by atoms with Crippen molar-refractivity contribution in [2.24, 2.45) is 0 Å². The third kappa shape index (κ3) is 6.78. The molecule has 0 aliphatic carbocycles. The van der Waals surface area contributed by atoms with Crippen molar-refractivity contribution >= 4 is 11.8 Å². The van der Waals surface area contributed by atoms with Crippen LogP contribution in [0.1, 0.15) is 16.8 Å². The third-order valence-electron chi connectivity index (χ3n) is 6.26. The van der Waals surface area contributed by atoms with Gasteiger partial charge >= 0.3 is 0 Å². The van der Waals surface area contributed by atoms with Gasteiger partial charge in [-0.2, -0.15) is 0 Å². The van der Waals surface area contributed by atoms with Crippen molar-refractivity contribution in [1.82, 2.24) is 19.9 Å². The van der Waals surface area contributed by atoms with Crippen molar-refractivity contribution in [2.45, 2.75) is 43.7 Å². The molecule has 0 bridgehead atoms. The second kappa shape index (κ2) is 13.3. The summed E-state index contributed by atoms with van der Waals surface area (Å²) in [5, 5.41) is 46.8. The predicted octanol–water partition coefficient (Wildman–Crippen LogP) is -1.83. The number of hydrogen-bond donors (Lipinski definition) is 4. The minimum absolute atomic E-state index is 0.0654. The maximum Gasteiger partial charge on any atom is 0.260 e. The normalized spacial score (nSPS) is 25.4. The molecule has 2 saturated heterocycles. The highest BCUT2D eigenvalue weighted by Gasteiger charge is 2.43. The molecule has 5 unspecified atom stereocenters. The lowest BCUT2D eigenvalue weighted by molar-refractivity contribution is -0.302. The molecule has 14 heteroatoms. The first-order chi connectivity index (χ1) is 18.4. The van der Waals surface area contributed by atoms with Gasteiger partial charge in [0.2, 0.25) is 5.91 Å². The molecule has 2 aliphatic rings. The number of aliphatic hydroxyl groups is 4. The van der Waals surface area contributed by atoms with Crippen LogP contribution in [0.15, 0.2) is 30.5 Å². The van der Waals surface area contributed by atoms with Crippen LogP contribution in [0.5, 0.6) is 0 Å². The Hall–Kier alpha value is -2.82. The van der Waals surface area contributed by atoms with Crippen molar-refractivity contribution in [3.63, 3.8) is 0 Å². The number of benzene rings is 1. The fourth-order valence-electron chi connectivity index (χ4n) is 3.92. The number of ether oxygens (including phenoxy) is 4. The summed E-state index contributed by atoms with van der Waals surface area (Å²) in [6, 6.07) is 6.86. The van der Waals surface area contributed by atoms with E-state index in [4.69, 9.17) is 18.9 Å². The molecule has 1 aromatic carbocycles. The van der Waals surface area contributed by atoms with Crippen molar-refractivity contribution in [2.75, 3.05) is 46.2 Å². The van der Waals surface area contributed by atoms with E-state index in [1.54, 1.807) is 35.1 Å². The zero-order valence-electron chi connectivity index (χ0n) is 20.7. The van der Waals surface area contributed by atoms with E-state index in [0.717, 1.165) is 5.56 Å². The molecular formula is C24H32N4O10. The Morgan fingerprint density at radius 2 is 1.71 bits per heavy atom. The standard InChI is InChI=1S/C24H32N4O10/c29-14-18-20(31)21(32)22(33)24(38-18)37-12-11-36-10-9-35-8-7-27-13-17(25-26-27)15-1-3-16(4-2-15)23(34)28-6-5-19(28)30/h1-4,13,18,20-22,24,29,31-33H,5-12,14H2. The average molecular weight is 537 g/mol. The molecule has 2 aliphatic heterocycles. The predicted molar refractivity (Wildman–Crippen MR) is 127 cm³/mol. The van der Waals surface area contributed by atoms with Crippen LogP contribution in [-0.2, 0) is 30.3 Å². The summed E-state index contributed by atoms with van der Waals surface area (Å²) in [7, 11) is 0. The second-order valence-electron chi connectivity index (χ2n) is 8.84. The number of imide groups is 1. The van der Waals surface area contributed by atoms with Crippen LogP contribution < -0.4 is 0 Å². The molecule has 2 amide bonds. The van der Waals surface area contributed by atoms with Gasteiger partial charge in [0.15, 0.2) is 6.29 Å². The highest BCUT2D eigenvalue weighted by Crippen LogP contribution is 2.22. The molecule has 208 valence electrons. The Kier molecular flexibility index (Phi) is 9.87. The van der Waals surface area contributed by atoms with Crippen LogP contribution in [0.3, 0.4) is 0 Å². The average Bonchev–Trinajstić information content (AvgIpc) is 3.40. The second-order valence-corrected chi connectivity index (χ2v) is 8.84. The zero-order chi connectivity index (χ0) is 27.1. The fraction of sp³-hybridized carbons (Fsp3) is 0.583. The summed E-state index contributed by atoms with van der Waals surface area (Å²) >= 11 is 0. The van der Waals surface area contributed by atoms with Crippen LogP contribution >= 0.6 is 0 Å². The van der Waals surface area contributed by atoms with Gasteiger partial charge in [-0.3, -0.25) is 14.5 Å². The number of likely N-dealkylation sites (tertiary alicyclic amines) is 1. The Balaban J connectivity index is 1.08. The lowest BCUT2D eigenvalue weighted by Crippen LogP contribution is -2.59. The number of β-lactam (4-membered cyclic amide) rings is 1. The largest absolute Gasteiger partial charge is 0.394 e. The smallest absolute Gasteiger partial charge is 0.260 e. The van der Waals surface area contributed by atoms with E-state index < -0.39 is 37.3 Å². The fourth-order valence-corrected chi connectivity index (χ4v) is 3.92. The summed E-state index contributed by atoms with van der Waals surface area (Å²) in [5.41, 5.74) is 1.89. The summed E-state index contributed by atoms with van der Waals surface area (Å²) in [6.45, 7) is 1.67. The summed E-state index contributed by atoms with van der Waals surface area (Å²) in [6.07, 6.45) is -4.39. The van der Waals surface area contributed by atoms with E-state index in [0.29, 0.717) is 50.6 Å². The summed E-state index contributed by atoms with van der Waals surface area (Å²) in [4.78, 5) is 24.9. The third-order valence-corrected chi connectivity index (χ3v) is 6.26. The van der Waals surface area contributed by atoms with E-state index in [2.05, 4.69) is 10.3 Å². The summed E-state index contributed by atoms with van der Waals surface area (Å²) in [5.74, 6) is -0.449. The van der Waals surface area contributed by atoms with Gasteiger partial charge in [0.25, 0.3) is 5.91 Å². The zero-order valence-corrected chi connectivity index (χ0v) is 20.7. The van der Waals surface area contributed by atoms with Crippen LogP contribution in [0.4, 0.5) is 0 Å². The summed E-state index contributed by atoms with van der Waals surface area (Å²) < 4.78 is 23.2. The Labute approximate surface area is 218 Å². The van der Waals surface area contributed by atoms with E-state index in [1.165, 1.54) is 4.90 Å². The topological polar surface area (TPSA) is 186 Å². The highest BCUT2D eigenvalue weighted by atomic mass is 16.7. The van der Waals surface area contributed by atoms with Gasteiger partial charge in [0.1, 0.15) is 30.1 Å². The van der Waals surface area contributed by atoms with Crippen molar-refractivity contribution in [3.8, 4) is 11.3 Å².